The van der Waals surface area contributed by atoms with Gasteiger partial charge in [0.2, 0.25) is 10.0 Å². The average Bonchev–Trinajstić information content (AvgIpc) is 2.79. The number of hydrogen-bond acceptors (Lipinski definition) is 5. The molecule has 2 aliphatic rings. The smallest absolute Gasteiger partial charge is 0.256 e. The monoisotopic (exact) mass is 447 g/mol. The van der Waals surface area contributed by atoms with Crippen LogP contribution in [0.25, 0.3) is 0 Å². The third-order valence-electron chi connectivity index (χ3n) is 5.71. The van der Waals surface area contributed by atoms with Gasteiger partial charge in [-0.3, -0.25) is 4.79 Å². The number of carbonyl (C=O) groups excluding carboxylic acids is 1. The zero-order valence-electron chi connectivity index (χ0n) is 17.5. The summed E-state index contributed by atoms with van der Waals surface area (Å²) in [6, 6.07) is 11.6. The van der Waals surface area contributed by atoms with Gasteiger partial charge in [-0.2, -0.15) is 4.31 Å². The highest BCUT2D eigenvalue weighted by atomic mass is 32.2. The van der Waals surface area contributed by atoms with E-state index in [1.54, 1.807) is 4.90 Å². The van der Waals surface area contributed by atoms with Crippen molar-refractivity contribution in [2.75, 3.05) is 57.4 Å². The lowest BCUT2D eigenvalue weighted by Gasteiger charge is -2.36. The van der Waals surface area contributed by atoms with Crippen LogP contribution in [0.3, 0.4) is 0 Å². The van der Waals surface area contributed by atoms with Crippen LogP contribution in [0.15, 0.2) is 47.4 Å². The van der Waals surface area contributed by atoms with E-state index in [-0.39, 0.29) is 23.5 Å². The third-order valence-corrected chi connectivity index (χ3v) is 7.60. The zero-order chi connectivity index (χ0) is 22.0. The first kappa shape index (κ1) is 21.7. The van der Waals surface area contributed by atoms with Crippen LogP contribution in [0.1, 0.15) is 15.9 Å². The van der Waals surface area contributed by atoms with Gasteiger partial charge in [0.05, 0.1) is 23.7 Å². The largest absolute Gasteiger partial charge is 0.379 e. The summed E-state index contributed by atoms with van der Waals surface area (Å²) >= 11 is 0. The van der Waals surface area contributed by atoms with Crippen LogP contribution < -0.4 is 4.90 Å². The van der Waals surface area contributed by atoms with E-state index in [0.717, 1.165) is 23.4 Å². The fourth-order valence-corrected chi connectivity index (χ4v) is 5.36. The Kier molecular flexibility index (Phi) is 6.27. The summed E-state index contributed by atoms with van der Waals surface area (Å²) in [5, 5.41) is 0. The Bertz CT molecular complexity index is 1060. The summed E-state index contributed by atoms with van der Waals surface area (Å²) in [7, 11) is -3.81. The summed E-state index contributed by atoms with van der Waals surface area (Å²) in [5.74, 6) is -1.20. The van der Waals surface area contributed by atoms with E-state index >= 15 is 0 Å². The summed E-state index contributed by atoms with van der Waals surface area (Å²) < 4.78 is 46.8. The summed E-state index contributed by atoms with van der Waals surface area (Å²) in [5.41, 5.74) is 2.05. The molecule has 0 spiro atoms. The van der Waals surface area contributed by atoms with Crippen molar-refractivity contribution in [3.8, 4) is 0 Å². The number of morpholine rings is 1. The summed E-state index contributed by atoms with van der Waals surface area (Å²) in [6.45, 7) is 5.27. The van der Waals surface area contributed by atoms with Crippen LogP contribution >= 0.6 is 0 Å². The predicted octanol–water partition coefficient (Wildman–Crippen LogP) is 2.12. The number of benzene rings is 2. The SMILES string of the molecule is Cc1cccc(N2CCN(C(=O)c3cc(S(=O)(=O)N4CCOCC4)ccc3F)CC2)c1. The average molecular weight is 448 g/mol. The number of amides is 1. The lowest BCUT2D eigenvalue weighted by molar-refractivity contribution is 0.0728. The van der Waals surface area contributed by atoms with Crippen molar-refractivity contribution in [2.45, 2.75) is 11.8 Å². The van der Waals surface area contributed by atoms with Gasteiger partial charge in [-0.1, -0.05) is 12.1 Å². The predicted molar refractivity (Wildman–Crippen MR) is 115 cm³/mol. The Morgan fingerprint density at radius 2 is 1.68 bits per heavy atom. The second-order valence-electron chi connectivity index (χ2n) is 7.78. The lowest BCUT2D eigenvalue weighted by atomic mass is 10.1. The van der Waals surface area contributed by atoms with Crippen molar-refractivity contribution >= 4 is 21.6 Å². The molecule has 9 heteroatoms. The molecule has 0 radical (unpaired) electrons. The Labute approximate surface area is 182 Å². The number of rotatable bonds is 4. The number of hydrogen-bond donors (Lipinski definition) is 0. The molecule has 2 aliphatic heterocycles. The van der Waals surface area contributed by atoms with Crippen LogP contribution in [0.4, 0.5) is 10.1 Å². The minimum Gasteiger partial charge on any atom is -0.379 e. The van der Waals surface area contributed by atoms with Crippen molar-refractivity contribution < 1.29 is 22.3 Å². The van der Waals surface area contributed by atoms with Gasteiger partial charge in [-0.15, -0.1) is 0 Å². The van der Waals surface area contributed by atoms with Gasteiger partial charge in [0.15, 0.2) is 0 Å². The molecule has 0 N–H and O–H groups in total. The number of nitrogens with zero attached hydrogens (tertiary/aromatic N) is 3. The highest BCUT2D eigenvalue weighted by molar-refractivity contribution is 7.89. The molecule has 1 amide bonds. The van der Waals surface area contributed by atoms with Gasteiger partial charge >= 0.3 is 0 Å². The second kappa shape index (κ2) is 8.94. The van der Waals surface area contributed by atoms with Gasteiger partial charge in [-0.05, 0) is 42.8 Å². The Morgan fingerprint density at radius 3 is 2.35 bits per heavy atom. The maximum Gasteiger partial charge on any atom is 0.256 e. The van der Waals surface area contributed by atoms with E-state index in [0.29, 0.717) is 39.4 Å². The minimum atomic E-state index is -3.81. The van der Waals surface area contributed by atoms with Gasteiger partial charge in [0.25, 0.3) is 5.91 Å². The maximum absolute atomic E-state index is 14.5. The molecule has 0 atom stereocenters. The highest BCUT2D eigenvalue weighted by Gasteiger charge is 2.30. The lowest BCUT2D eigenvalue weighted by Crippen LogP contribution is -2.49. The van der Waals surface area contributed by atoms with Crippen molar-refractivity contribution in [1.29, 1.82) is 0 Å². The van der Waals surface area contributed by atoms with E-state index in [1.165, 1.54) is 10.4 Å². The number of anilines is 1. The topological polar surface area (TPSA) is 70.2 Å². The van der Waals surface area contributed by atoms with Crippen LogP contribution in [-0.4, -0.2) is 76.0 Å². The van der Waals surface area contributed by atoms with E-state index in [2.05, 4.69) is 11.0 Å². The molecule has 7 nitrogen and oxygen atoms in total. The first-order valence-corrected chi connectivity index (χ1v) is 11.8. The first-order chi connectivity index (χ1) is 14.9. The molecule has 2 fully saturated rings. The first-order valence-electron chi connectivity index (χ1n) is 10.3. The van der Waals surface area contributed by atoms with E-state index in [4.69, 9.17) is 4.74 Å². The molecule has 2 saturated heterocycles. The van der Waals surface area contributed by atoms with Crippen LogP contribution in [0, 0.1) is 12.7 Å². The molecule has 31 heavy (non-hydrogen) atoms. The quantitative estimate of drug-likeness (QED) is 0.718. The normalized spacial score (nSPS) is 18.3. The molecule has 0 aromatic heterocycles. The molecule has 0 unspecified atom stereocenters. The van der Waals surface area contributed by atoms with Gasteiger partial charge in [0.1, 0.15) is 5.82 Å². The van der Waals surface area contributed by atoms with Crippen molar-refractivity contribution in [3.05, 3.63) is 59.4 Å². The minimum absolute atomic E-state index is 0.0717. The zero-order valence-corrected chi connectivity index (χ0v) is 18.3. The van der Waals surface area contributed by atoms with Crippen molar-refractivity contribution in [2.24, 2.45) is 0 Å². The van der Waals surface area contributed by atoms with E-state index < -0.39 is 21.7 Å². The standard InChI is InChI=1S/C22H26FN3O4S/c1-17-3-2-4-18(15-17)24-7-9-25(10-8-24)22(27)20-16-19(5-6-21(20)23)31(28,29)26-11-13-30-14-12-26/h2-6,15-16H,7-14H2,1H3. The Balaban J connectivity index is 1.49. The summed E-state index contributed by atoms with van der Waals surface area (Å²) in [6.07, 6.45) is 0. The number of halogens is 1. The molecule has 166 valence electrons. The molecular formula is C22H26FN3O4S. The molecule has 4 rings (SSSR count). The summed E-state index contributed by atoms with van der Waals surface area (Å²) in [4.78, 5) is 16.7. The second-order valence-corrected chi connectivity index (χ2v) is 9.71. The Morgan fingerprint density at radius 1 is 0.968 bits per heavy atom. The molecule has 2 aromatic carbocycles. The number of aryl methyl sites for hydroxylation is 1. The van der Waals surface area contributed by atoms with E-state index in [1.807, 2.05) is 25.1 Å². The van der Waals surface area contributed by atoms with Gasteiger partial charge in [-0.25, -0.2) is 12.8 Å². The number of ether oxygens (including phenoxy) is 1. The van der Waals surface area contributed by atoms with E-state index in [9.17, 15) is 17.6 Å². The van der Waals surface area contributed by atoms with Gasteiger partial charge in [0, 0.05) is 45.0 Å². The van der Waals surface area contributed by atoms with Crippen LogP contribution in [-0.2, 0) is 14.8 Å². The van der Waals surface area contributed by atoms with Crippen LogP contribution in [0.2, 0.25) is 0 Å². The molecular weight excluding hydrogens is 421 g/mol. The van der Waals surface area contributed by atoms with Crippen LogP contribution in [0.5, 0.6) is 0 Å². The van der Waals surface area contributed by atoms with Gasteiger partial charge < -0.3 is 14.5 Å². The molecule has 2 aromatic rings. The number of piperazine rings is 1. The number of sulfonamides is 1. The molecule has 2 heterocycles. The fourth-order valence-electron chi connectivity index (χ4n) is 3.93. The number of carbonyl (C=O) groups is 1. The van der Waals surface area contributed by atoms with Crippen molar-refractivity contribution in [3.63, 3.8) is 0 Å². The maximum atomic E-state index is 14.5. The highest BCUT2D eigenvalue weighted by Crippen LogP contribution is 2.23. The Hall–Kier alpha value is -2.49. The fraction of sp³-hybridized carbons (Fsp3) is 0.409. The van der Waals surface area contributed by atoms with Crippen molar-refractivity contribution in [1.82, 2.24) is 9.21 Å². The molecule has 0 bridgehead atoms. The third kappa shape index (κ3) is 4.58. The molecule has 0 aliphatic carbocycles. The molecule has 0 saturated carbocycles.